The Hall–Kier alpha value is -3.85. The molecule has 170 valence electrons. The van der Waals surface area contributed by atoms with Crippen LogP contribution in [0.3, 0.4) is 0 Å². The number of rotatable bonds is 8. The quantitative estimate of drug-likeness (QED) is 0.512. The minimum absolute atomic E-state index is 0.174. The van der Waals surface area contributed by atoms with Crippen molar-refractivity contribution in [1.82, 2.24) is 20.1 Å². The van der Waals surface area contributed by atoms with Gasteiger partial charge in [0.1, 0.15) is 12.7 Å². The summed E-state index contributed by atoms with van der Waals surface area (Å²) in [4.78, 5) is 43.7. The number of carbonyl (C=O) groups excluding carboxylic acids is 3. The van der Waals surface area contributed by atoms with Gasteiger partial charge in [-0.1, -0.05) is 26.0 Å². The van der Waals surface area contributed by atoms with Gasteiger partial charge in [0.15, 0.2) is 0 Å². The van der Waals surface area contributed by atoms with E-state index >= 15 is 0 Å². The van der Waals surface area contributed by atoms with E-state index < -0.39 is 17.7 Å². The molecule has 0 bridgehead atoms. The molecule has 9 heteroatoms. The second-order valence-electron chi connectivity index (χ2n) is 8.45. The largest absolute Gasteiger partial charge is 0.394 e. The van der Waals surface area contributed by atoms with Crippen LogP contribution in [0.5, 0.6) is 0 Å². The number of hydrogen-bond acceptors (Lipinski definition) is 6. The van der Waals surface area contributed by atoms with Gasteiger partial charge in [-0.15, -0.1) is 0 Å². The molecular formula is C24H25N5O4. The molecule has 4 rings (SSSR count). The number of hydrogen-bond donors (Lipinski definition) is 2. The van der Waals surface area contributed by atoms with Gasteiger partial charge in [-0.3, -0.25) is 14.4 Å². The molecule has 9 nitrogen and oxygen atoms in total. The summed E-state index contributed by atoms with van der Waals surface area (Å²) in [5.74, 6) is -1.000. The van der Waals surface area contributed by atoms with E-state index in [1.54, 1.807) is 23.1 Å². The van der Waals surface area contributed by atoms with Gasteiger partial charge in [0.2, 0.25) is 0 Å². The van der Waals surface area contributed by atoms with Crippen molar-refractivity contribution in [1.29, 1.82) is 0 Å². The van der Waals surface area contributed by atoms with E-state index in [4.69, 9.17) is 0 Å². The first-order valence-electron chi connectivity index (χ1n) is 10.7. The van der Waals surface area contributed by atoms with Crippen LogP contribution in [0, 0.1) is 5.92 Å². The van der Waals surface area contributed by atoms with Crippen LogP contribution in [-0.2, 0) is 6.54 Å². The lowest BCUT2D eigenvalue weighted by Crippen LogP contribution is -2.38. The standard InChI is InChI=1S/C24H25N5O4/c1-15(2)9-18(12-30)27-22(31)17-5-8-20-21(10-17)24(33)29(23(20)32)19-6-3-16(4-7-19)11-28-14-25-13-26-28/h3-8,10,13-15,18,30H,9,11-12H2,1-2H3,(H,27,31)/t18-/m1/s1. The highest BCUT2D eigenvalue weighted by Crippen LogP contribution is 2.29. The Morgan fingerprint density at radius 2 is 1.79 bits per heavy atom. The molecule has 33 heavy (non-hydrogen) atoms. The molecule has 0 radical (unpaired) electrons. The molecule has 0 saturated heterocycles. The maximum absolute atomic E-state index is 13.1. The molecule has 1 atom stereocenters. The van der Waals surface area contributed by atoms with Gasteiger partial charge in [-0.25, -0.2) is 14.6 Å². The van der Waals surface area contributed by atoms with Crippen molar-refractivity contribution in [2.24, 2.45) is 5.92 Å². The van der Waals surface area contributed by atoms with Gasteiger partial charge in [-0.05, 0) is 48.2 Å². The van der Waals surface area contributed by atoms with E-state index in [9.17, 15) is 19.5 Å². The molecule has 1 aromatic heterocycles. The van der Waals surface area contributed by atoms with Crippen LogP contribution < -0.4 is 10.2 Å². The zero-order valence-electron chi connectivity index (χ0n) is 18.4. The normalized spacial score (nSPS) is 14.0. The Morgan fingerprint density at radius 3 is 2.42 bits per heavy atom. The number of imide groups is 1. The van der Waals surface area contributed by atoms with Gasteiger partial charge in [0.05, 0.1) is 36.0 Å². The molecule has 0 aliphatic carbocycles. The Morgan fingerprint density at radius 1 is 1.06 bits per heavy atom. The number of anilines is 1. The van der Waals surface area contributed by atoms with Gasteiger partial charge < -0.3 is 10.4 Å². The second-order valence-corrected chi connectivity index (χ2v) is 8.45. The molecule has 2 N–H and O–H groups in total. The fraction of sp³-hybridized carbons (Fsp3) is 0.292. The summed E-state index contributed by atoms with van der Waals surface area (Å²) < 4.78 is 1.67. The lowest BCUT2D eigenvalue weighted by Gasteiger charge is -2.18. The summed E-state index contributed by atoms with van der Waals surface area (Å²) in [6, 6.07) is 11.1. The lowest BCUT2D eigenvalue weighted by molar-refractivity contribution is 0.0905. The van der Waals surface area contributed by atoms with Gasteiger partial charge in [0.25, 0.3) is 17.7 Å². The van der Waals surface area contributed by atoms with E-state index in [0.29, 0.717) is 24.6 Å². The molecule has 1 aliphatic heterocycles. The van der Waals surface area contributed by atoms with E-state index in [1.807, 2.05) is 26.0 Å². The molecule has 3 amide bonds. The highest BCUT2D eigenvalue weighted by atomic mass is 16.3. The zero-order valence-corrected chi connectivity index (χ0v) is 18.4. The maximum Gasteiger partial charge on any atom is 0.266 e. The number of aliphatic hydroxyl groups excluding tert-OH is 1. The molecular weight excluding hydrogens is 422 g/mol. The van der Waals surface area contributed by atoms with Crippen LogP contribution >= 0.6 is 0 Å². The Kier molecular flexibility index (Phi) is 6.32. The maximum atomic E-state index is 13.1. The average Bonchev–Trinajstić information content (AvgIpc) is 3.40. The number of nitrogens with zero attached hydrogens (tertiary/aromatic N) is 4. The smallest absolute Gasteiger partial charge is 0.266 e. The van der Waals surface area contributed by atoms with Crippen molar-refractivity contribution in [2.75, 3.05) is 11.5 Å². The molecule has 0 unspecified atom stereocenters. The first-order valence-corrected chi connectivity index (χ1v) is 10.7. The highest BCUT2D eigenvalue weighted by Gasteiger charge is 2.37. The minimum atomic E-state index is -0.477. The van der Waals surface area contributed by atoms with Gasteiger partial charge in [-0.2, -0.15) is 5.10 Å². The third-order valence-corrected chi connectivity index (χ3v) is 5.47. The summed E-state index contributed by atoms with van der Waals surface area (Å²) in [6.07, 6.45) is 3.69. The van der Waals surface area contributed by atoms with Crippen molar-refractivity contribution >= 4 is 23.4 Å². The molecule has 2 heterocycles. The number of fused-ring (bicyclic) bond motifs is 1. The van der Waals surface area contributed by atoms with Crippen molar-refractivity contribution in [3.8, 4) is 0 Å². The van der Waals surface area contributed by atoms with Gasteiger partial charge in [0, 0.05) is 5.56 Å². The Labute approximate surface area is 191 Å². The summed E-state index contributed by atoms with van der Waals surface area (Å²) in [5.41, 5.74) is 2.10. The Balaban J connectivity index is 1.52. The first kappa shape index (κ1) is 22.3. The number of carbonyl (C=O) groups is 3. The van der Waals surface area contributed by atoms with Crippen molar-refractivity contribution in [3.05, 3.63) is 77.4 Å². The highest BCUT2D eigenvalue weighted by molar-refractivity contribution is 6.34. The Bertz CT molecular complexity index is 1170. The molecule has 2 aromatic carbocycles. The van der Waals surface area contributed by atoms with Crippen molar-refractivity contribution in [2.45, 2.75) is 32.9 Å². The summed E-state index contributed by atoms with van der Waals surface area (Å²) in [5, 5.41) is 16.4. The molecule has 3 aromatic rings. The van der Waals surface area contributed by atoms with E-state index in [1.165, 1.54) is 24.5 Å². The van der Waals surface area contributed by atoms with Crippen molar-refractivity contribution in [3.63, 3.8) is 0 Å². The fourth-order valence-electron chi connectivity index (χ4n) is 3.89. The monoisotopic (exact) mass is 447 g/mol. The van der Waals surface area contributed by atoms with Crippen LogP contribution in [0.25, 0.3) is 0 Å². The van der Waals surface area contributed by atoms with Crippen LogP contribution in [-0.4, -0.2) is 50.2 Å². The lowest BCUT2D eigenvalue weighted by atomic mass is 10.0. The van der Waals surface area contributed by atoms with Crippen molar-refractivity contribution < 1.29 is 19.5 Å². The fourth-order valence-corrected chi connectivity index (χ4v) is 3.89. The third-order valence-electron chi connectivity index (χ3n) is 5.47. The van der Waals surface area contributed by atoms with Crippen LogP contribution in [0.15, 0.2) is 55.1 Å². The number of aromatic nitrogens is 3. The third kappa shape index (κ3) is 4.68. The van der Waals surface area contributed by atoms with E-state index in [2.05, 4.69) is 15.4 Å². The topological polar surface area (TPSA) is 117 Å². The minimum Gasteiger partial charge on any atom is -0.394 e. The van der Waals surface area contributed by atoms with Crippen LogP contribution in [0.4, 0.5) is 5.69 Å². The first-order chi connectivity index (χ1) is 15.9. The second kappa shape index (κ2) is 9.33. The molecule has 0 fully saturated rings. The summed E-state index contributed by atoms with van der Waals surface area (Å²) >= 11 is 0. The molecule has 0 saturated carbocycles. The van der Waals surface area contributed by atoms with E-state index in [-0.39, 0.29) is 29.3 Å². The summed E-state index contributed by atoms with van der Waals surface area (Å²) in [7, 11) is 0. The van der Waals surface area contributed by atoms with Crippen LogP contribution in [0.1, 0.15) is 56.9 Å². The number of amides is 3. The van der Waals surface area contributed by atoms with E-state index in [0.717, 1.165) is 10.5 Å². The predicted octanol–water partition coefficient (Wildman–Crippen LogP) is 2.26. The predicted molar refractivity (Wildman–Crippen MR) is 121 cm³/mol. The number of nitrogens with one attached hydrogen (secondary N) is 1. The zero-order chi connectivity index (χ0) is 23.5. The van der Waals surface area contributed by atoms with Crippen LogP contribution in [0.2, 0.25) is 0 Å². The van der Waals surface area contributed by atoms with Gasteiger partial charge >= 0.3 is 0 Å². The number of benzene rings is 2. The average molecular weight is 447 g/mol. The molecule has 0 spiro atoms. The summed E-state index contributed by atoms with van der Waals surface area (Å²) in [6.45, 7) is 4.36. The number of aliphatic hydroxyl groups is 1. The SMILES string of the molecule is CC(C)C[C@H](CO)NC(=O)c1ccc2c(c1)C(=O)N(c1ccc(Cn3cncn3)cc1)C2=O. The molecule has 1 aliphatic rings.